The number of carbonyl (C=O) groups is 1. The molecule has 20 heavy (non-hydrogen) atoms. The predicted molar refractivity (Wildman–Crippen MR) is 78.7 cm³/mol. The van der Waals surface area contributed by atoms with Gasteiger partial charge in [0.25, 0.3) is 0 Å². The number of Topliss-reactive ketones (excluding diaryl/α,β-unsaturated/α-hetero) is 1. The zero-order valence-electron chi connectivity index (χ0n) is 12.2. The highest BCUT2D eigenvalue weighted by Crippen LogP contribution is 2.17. The molecule has 0 heterocycles. The minimum atomic E-state index is -0.569. The summed E-state index contributed by atoms with van der Waals surface area (Å²) >= 11 is 0. The first kappa shape index (κ1) is 16.6. The molecule has 0 amide bonds. The van der Waals surface area contributed by atoms with Gasteiger partial charge in [-0.15, -0.1) is 0 Å². The molecule has 0 bridgehead atoms. The van der Waals surface area contributed by atoms with Gasteiger partial charge in [-0.1, -0.05) is 39.0 Å². The van der Waals surface area contributed by atoms with Gasteiger partial charge in [0, 0.05) is 6.07 Å². The Morgan fingerprint density at radius 1 is 1.20 bits per heavy atom. The summed E-state index contributed by atoms with van der Waals surface area (Å²) in [4.78, 5) is 11.3. The van der Waals surface area contributed by atoms with Crippen molar-refractivity contribution in [1.29, 1.82) is 0 Å². The molecule has 0 fully saturated rings. The molecule has 0 spiro atoms. The van der Waals surface area contributed by atoms with Crippen LogP contribution >= 0.6 is 0 Å². The van der Waals surface area contributed by atoms with Crippen LogP contribution in [0.5, 0.6) is 5.75 Å². The van der Waals surface area contributed by atoms with Crippen LogP contribution in [0.1, 0.15) is 55.8 Å². The molecule has 0 aliphatic rings. The minimum Gasteiger partial charge on any atom is -0.493 e. The predicted octanol–water partition coefficient (Wildman–Crippen LogP) is 3.71. The van der Waals surface area contributed by atoms with E-state index in [1.807, 2.05) is 0 Å². The molecule has 0 atom stereocenters. The fraction of sp³-hybridized carbons (Fsp3) is 0.562. The van der Waals surface area contributed by atoms with Gasteiger partial charge in [0.05, 0.1) is 18.7 Å². The van der Waals surface area contributed by atoms with E-state index in [2.05, 4.69) is 6.92 Å². The second-order valence-electron chi connectivity index (χ2n) is 4.89. The van der Waals surface area contributed by atoms with Gasteiger partial charge in [-0.05, 0) is 18.6 Å². The third kappa shape index (κ3) is 5.70. The van der Waals surface area contributed by atoms with Gasteiger partial charge in [-0.2, -0.15) is 0 Å². The van der Waals surface area contributed by atoms with Crippen LogP contribution in [0.15, 0.2) is 18.2 Å². The molecule has 4 heteroatoms. The number of ketones is 1. The Morgan fingerprint density at radius 2 is 1.90 bits per heavy atom. The van der Waals surface area contributed by atoms with Gasteiger partial charge in [0.1, 0.15) is 11.6 Å². The first-order valence-corrected chi connectivity index (χ1v) is 7.34. The Labute approximate surface area is 120 Å². The first-order chi connectivity index (χ1) is 9.69. The second-order valence-corrected chi connectivity index (χ2v) is 4.89. The highest BCUT2D eigenvalue weighted by Gasteiger charge is 2.10. The summed E-state index contributed by atoms with van der Waals surface area (Å²) in [5.74, 6) is -0.504. The van der Waals surface area contributed by atoms with Crippen LogP contribution in [0.3, 0.4) is 0 Å². The summed E-state index contributed by atoms with van der Waals surface area (Å²) < 4.78 is 19.1. The molecule has 0 aromatic heterocycles. The van der Waals surface area contributed by atoms with E-state index in [0.717, 1.165) is 12.8 Å². The summed E-state index contributed by atoms with van der Waals surface area (Å²) in [5.41, 5.74) is 5.24. The standard InChI is InChI=1S/C16H24FNO2/c1-2-3-4-5-6-7-10-20-13-8-9-14(15(17)11-13)16(19)12-18/h8-9,11H,2-7,10,12,18H2,1H3. The monoisotopic (exact) mass is 281 g/mol. The Hall–Kier alpha value is -1.42. The fourth-order valence-corrected chi connectivity index (χ4v) is 1.99. The first-order valence-electron chi connectivity index (χ1n) is 7.34. The van der Waals surface area contributed by atoms with Crippen LogP contribution < -0.4 is 10.5 Å². The van der Waals surface area contributed by atoms with Crippen molar-refractivity contribution in [3.63, 3.8) is 0 Å². The average molecular weight is 281 g/mol. The third-order valence-electron chi connectivity index (χ3n) is 3.19. The molecule has 1 aromatic carbocycles. The van der Waals surface area contributed by atoms with Crippen LogP contribution in [0.25, 0.3) is 0 Å². The maximum atomic E-state index is 13.6. The number of benzene rings is 1. The summed E-state index contributed by atoms with van der Waals surface area (Å²) in [6.07, 6.45) is 7.10. The number of rotatable bonds is 10. The topological polar surface area (TPSA) is 52.3 Å². The van der Waals surface area contributed by atoms with Crippen molar-refractivity contribution in [1.82, 2.24) is 0 Å². The summed E-state index contributed by atoms with van der Waals surface area (Å²) in [7, 11) is 0. The van der Waals surface area contributed by atoms with Crippen LogP contribution in [-0.4, -0.2) is 18.9 Å². The summed E-state index contributed by atoms with van der Waals surface area (Å²) in [5, 5.41) is 0. The van der Waals surface area contributed by atoms with E-state index in [1.54, 1.807) is 6.07 Å². The molecule has 112 valence electrons. The quantitative estimate of drug-likeness (QED) is 0.525. The van der Waals surface area contributed by atoms with E-state index in [1.165, 1.54) is 37.8 Å². The van der Waals surface area contributed by atoms with Crippen molar-refractivity contribution in [2.75, 3.05) is 13.2 Å². The van der Waals surface area contributed by atoms with E-state index in [4.69, 9.17) is 10.5 Å². The van der Waals surface area contributed by atoms with E-state index < -0.39 is 11.6 Å². The highest BCUT2D eigenvalue weighted by atomic mass is 19.1. The van der Waals surface area contributed by atoms with Crippen LogP contribution in [0, 0.1) is 5.82 Å². The zero-order valence-corrected chi connectivity index (χ0v) is 12.2. The van der Waals surface area contributed by atoms with Crippen LogP contribution in [0.4, 0.5) is 4.39 Å². The van der Waals surface area contributed by atoms with Gasteiger partial charge in [0.15, 0.2) is 5.78 Å². The Balaban J connectivity index is 2.31. The largest absolute Gasteiger partial charge is 0.493 e. The van der Waals surface area contributed by atoms with Crippen molar-refractivity contribution in [2.24, 2.45) is 5.73 Å². The van der Waals surface area contributed by atoms with Crippen molar-refractivity contribution in [3.05, 3.63) is 29.6 Å². The van der Waals surface area contributed by atoms with Crippen LogP contribution in [0.2, 0.25) is 0 Å². The van der Waals surface area contributed by atoms with E-state index >= 15 is 0 Å². The van der Waals surface area contributed by atoms with Crippen molar-refractivity contribution in [3.8, 4) is 5.75 Å². The summed E-state index contributed by atoms with van der Waals surface area (Å²) in [6.45, 7) is 2.58. The van der Waals surface area contributed by atoms with Crippen molar-refractivity contribution >= 4 is 5.78 Å². The molecule has 0 radical (unpaired) electrons. The maximum absolute atomic E-state index is 13.6. The number of hydrogen-bond acceptors (Lipinski definition) is 3. The lowest BCUT2D eigenvalue weighted by atomic mass is 10.1. The molecule has 2 N–H and O–H groups in total. The van der Waals surface area contributed by atoms with Gasteiger partial charge in [-0.3, -0.25) is 4.79 Å². The van der Waals surface area contributed by atoms with Crippen LogP contribution in [-0.2, 0) is 0 Å². The lowest BCUT2D eigenvalue weighted by molar-refractivity contribution is 0.0997. The fourth-order valence-electron chi connectivity index (χ4n) is 1.99. The lowest BCUT2D eigenvalue weighted by Crippen LogP contribution is -2.15. The number of unbranched alkanes of at least 4 members (excludes halogenated alkanes) is 5. The zero-order chi connectivity index (χ0) is 14.8. The molecule has 3 nitrogen and oxygen atoms in total. The third-order valence-corrected chi connectivity index (χ3v) is 3.19. The molecular formula is C16H24FNO2. The normalized spacial score (nSPS) is 10.6. The molecule has 0 saturated heterocycles. The molecule has 0 unspecified atom stereocenters. The SMILES string of the molecule is CCCCCCCCOc1ccc(C(=O)CN)c(F)c1. The van der Waals surface area contributed by atoms with Crippen molar-refractivity contribution in [2.45, 2.75) is 45.4 Å². The maximum Gasteiger partial charge on any atom is 0.179 e. The summed E-state index contributed by atoms with van der Waals surface area (Å²) in [6, 6.07) is 4.30. The molecule has 0 aliphatic carbocycles. The molecular weight excluding hydrogens is 257 g/mol. The molecule has 1 aromatic rings. The number of nitrogens with two attached hydrogens (primary N) is 1. The van der Waals surface area contributed by atoms with E-state index in [0.29, 0.717) is 12.4 Å². The van der Waals surface area contributed by atoms with Gasteiger partial charge >= 0.3 is 0 Å². The smallest absolute Gasteiger partial charge is 0.179 e. The second kappa shape index (κ2) is 9.48. The van der Waals surface area contributed by atoms with E-state index in [-0.39, 0.29) is 12.1 Å². The number of halogens is 1. The van der Waals surface area contributed by atoms with Crippen molar-refractivity contribution < 1.29 is 13.9 Å². The van der Waals surface area contributed by atoms with E-state index in [9.17, 15) is 9.18 Å². The highest BCUT2D eigenvalue weighted by molar-refractivity contribution is 5.97. The molecule has 1 rings (SSSR count). The minimum absolute atomic E-state index is 0.0272. The van der Waals surface area contributed by atoms with Gasteiger partial charge in [-0.25, -0.2) is 4.39 Å². The number of ether oxygens (including phenoxy) is 1. The number of hydrogen-bond donors (Lipinski definition) is 1. The van der Waals surface area contributed by atoms with Gasteiger partial charge < -0.3 is 10.5 Å². The number of carbonyl (C=O) groups excluding carboxylic acids is 1. The Morgan fingerprint density at radius 3 is 2.55 bits per heavy atom. The average Bonchev–Trinajstić information content (AvgIpc) is 2.45. The van der Waals surface area contributed by atoms with Gasteiger partial charge in [0.2, 0.25) is 0 Å². The Kier molecular flexibility index (Phi) is 7.88. The molecule has 0 saturated carbocycles. The molecule has 0 aliphatic heterocycles. The lowest BCUT2D eigenvalue weighted by Gasteiger charge is -2.08. The Bertz CT molecular complexity index is 421.